The smallest absolute Gasteiger partial charge is 0.0564 e. The van der Waals surface area contributed by atoms with E-state index in [4.69, 9.17) is 5.73 Å². The standard InChI is InChI=1S/C10H17N3/c1-7(8(2)11)5-10-6-12-13(4)9(10)3/h5-6,8H,11H2,1-4H3/b7-5+. The molecule has 0 spiro atoms. The van der Waals surface area contributed by atoms with Crippen LogP contribution in [0.4, 0.5) is 0 Å². The highest BCUT2D eigenvalue weighted by molar-refractivity contribution is 5.54. The van der Waals surface area contributed by atoms with Gasteiger partial charge in [0.1, 0.15) is 0 Å². The molecule has 1 rings (SSSR count). The molecule has 2 N–H and O–H groups in total. The van der Waals surface area contributed by atoms with Crippen LogP contribution in [-0.2, 0) is 7.05 Å². The number of hydrogen-bond acceptors (Lipinski definition) is 2. The van der Waals surface area contributed by atoms with Crippen LogP contribution in [0.15, 0.2) is 11.8 Å². The van der Waals surface area contributed by atoms with Crippen LogP contribution < -0.4 is 5.73 Å². The molecule has 3 nitrogen and oxygen atoms in total. The maximum absolute atomic E-state index is 5.75. The lowest BCUT2D eigenvalue weighted by Crippen LogP contribution is -2.15. The summed E-state index contributed by atoms with van der Waals surface area (Å²) in [6.45, 7) is 6.07. The summed E-state index contributed by atoms with van der Waals surface area (Å²) in [5, 5.41) is 4.16. The summed E-state index contributed by atoms with van der Waals surface area (Å²) in [5.41, 5.74) is 9.24. The van der Waals surface area contributed by atoms with E-state index >= 15 is 0 Å². The molecule has 0 bridgehead atoms. The van der Waals surface area contributed by atoms with Gasteiger partial charge in [0.2, 0.25) is 0 Å². The van der Waals surface area contributed by atoms with Crippen LogP contribution in [0.2, 0.25) is 0 Å². The number of nitrogens with two attached hydrogens (primary N) is 1. The average Bonchev–Trinajstić information content (AvgIpc) is 2.36. The van der Waals surface area contributed by atoms with Gasteiger partial charge in [-0.1, -0.05) is 11.6 Å². The van der Waals surface area contributed by atoms with Gasteiger partial charge in [-0.05, 0) is 20.8 Å². The fraction of sp³-hybridized carbons (Fsp3) is 0.500. The van der Waals surface area contributed by atoms with Crippen molar-refractivity contribution in [3.63, 3.8) is 0 Å². The molecule has 0 amide bonds. The van der Waals surface area contributed by atoms with Gasteiger partial charge in [-0.3, -0.25) is 4.68 Å². The lowest BCUT2D eigenvalue weighted by molar-refractivity contribution is 0.740. The minimum absolute atomic E-state index is 0.111. The van der Waals surface area contributed by atoms with Gasteiger partial charge in [0, 0.05) is 24.3 Å². The SMILES string of the molecule is C/C(=C\c1cnn(C)c1C)C(C)N. The number of rotatable bonds is 2. The number of aromatic nitrogens is 2. The quantitative estimate of drug-likeness (QED) is 0.747. The van der Waals surface area contributed by atoms with Crippen molar-refractivity contribution in [1.29, 1.82) is 0 Å². The van der Waals surface area contributed by atoms with Crippen molar-refractivity contribution in [3.8, 4) is 0 Å². The largest absolute Gasteiger partial charge is 0.324 e. The van der Waals surface area contributed by atoms with E-state index in [0.717, 1.165) is 5.56 Å². The Morgan fingerprint density at radius 2 is 2.31 bits per heavy atom. The molecule has 1 aromatic heterocycles. The zero-order valence-electron chi connectivity index (χ0n) is 8.70. The van der Waals surface area contributed by atoms with Crippen molar-refractivity contribution in [2.45, 2.75) is 26.8 Å². The number of nitrogens with zero attached hydrogens (tertiary/aromatic N) is 2. The first-order chi connectivity index (χ1) is 6.02. The molecule has 13 heavy (non-hydrogen) atoms. The van der Waals surface area contributed by atoms with Gasteiger partial charge in [-0.25, -0.2) is 0 Å². The minimum Gasteiger partial charge on any atom is -0.324 e. The Labute approximate surface area is 79.2 Å². The Hall–Kier alpha value is -1.09. The van der Waals surface area contributed by atoms with E-state index in [2.05, 4.69) is 11.2 Å². The van der Waals surface area contributed by atoms with Crippen molar-refractivity contribution in [2.24, 2.45) is 12.8 Å². The van der Waals surface area contributed by atoms with Crippen LogP contribution in [0.3, 0.4) is 0 Å². The molecule has 1 atom stereocenters. The van der Waals surface area contributed by atoms with Crippen molar-refractivity contribution in [3.05, 3.63) is 23.0 Å². The molecular formula is C10H17N3. The topological polar surface area (TPSA) is 43.8 Å². The average molecular weight is 179 g/mol. The van der Waals surface area contributed by atoms with E-state index in [1.165, 1.54) is 11.3 Å². The third-order valence-corrected chi connectivity index (χ3v) is 2.37. The first-order valence-electron chi connectivity index (χ1n) is 4.44. The fourth-order valence-electron chi connectivity index (χ4n) is 1.03. The van der Waals surface area contributed by atoms with E-state index in [1.54, 1.807) is 0 Å². The second-order valence-corrected chi connectivity index (χ2v) is 3.49. The van der Waals surface area contributed by atoms with Crippen molar-refractivity contribution >= 4 is 6.08 Å². The lowest BCUT2D eigenvalue weighted by atomic mass is 10.1. The van der Waals surface area contributed by atoms with Gasteiger partial charge in [0.15, 0.2) is 0 Å². The fourth-order valence-corrected chi connectivity index (χ4v) is 1.03. The van der Waals surface area contributed by atoms with E-state index in [-0.39, 0.29) is 6.04 Å². The first kappa shape index (κ1) is 9.99. The Morgan fingerprint density at radius 3 is 2.69 bits per heavy atom. The summed E-state index contributed by atoms with van der Waals surface area (Å²) in [7, 11) is 1.94. The molecule has 1 unspecified atom stereocenters. The van der Waals surface area contributed by atoms with Crippen LogP contribution in [0.25, 0.3) is 6.08 Å². The third-order valence-electron chi connectivity index (χ3n) is 2.37. The molecule has 0 radical (unpaired) electrons. The number of aryl methyl sites for hydroxylation is 1. The third kappa shape index (κ3) is 2.18. The highest BCUT2D eigenvalue weighted by atomic mass is 15.3. The van der Waals surface area contributed by atoms with Crippen molar-refractivity contribution in [1.82, 2.24) is 9.78 Å². The molecule has 0 aliphatic carbocycles. The van der Waals surface area contributed by atoms with Gasteiger partial charge in [-0.2, -0.15) is 5.10 Å². The Morgan fingerprint density at radius 1 is 1.69 bits per heavy atom. The predicted molar refractivity (Wildman–Crippen MR) is 55.2 cm³/mol. The van der Waals surface area contributed by atoms with Crippen LogP contribution in [0.1, 0.15) is 25.1 Å². The highest BCUT2D eigenvalue weighted by Crippen LogP contribution is 2.11. The second kappa shape index (κ2) is 3.75. The van der Waals surface area contributed by atoms with Gasteiger partial charge < -0.3 is 5.73 Å². The Bertz CT molecular complexity index is 321. The summed E-state index contributed by atoms with van der Waals surface area (Å²) < 4.78 is 1.86. The zero-order chi connectivity index (χ0) is 10.0. The molecule has 72 valence electrons. The molecule has 0 saturated heterocycles. The lowest BCUT2D eigenvalue weighted by Gasteiger charge is -2.04. The molecule has 0 aromatic carbocycles. The van der Waals surface area contributed by atoms with E-state index in [1.807, 2.05) is 38.7 Å². The predicted octanol–water partition coefficient (Wildman–Crippen LogP) is 1.48. The second-order valence-electron chi connectivity index (χ2n) is 3.49. The molecular weight excluding hydrogens is 162 g/mol. The molecule has 1 aromatic rings. The summed E-state index contributed by atoms with van der Waals surface area (Å²) in [5.74, 6) is 0. The molecule has 0 fully saturated rings. The highest BCUT2D eigenvalue weighted by Gasteiger charge is 2.02. The summed E-state index contributed by atoms with van der Waals surface area (Å²) >= 11 is 0. The van der Waals surface area contributed by atoms with E-state index in [9.17, 15) is 0 Å². The van der Waals surface area contributed by atoms with Crippen LogP contribution >= 0.6 is 0 Å². The van der Waals surface area contributed by atoms with Gasteiger partial charge in [0.25, 0.3) is 0 Å². The summed E-state index contributed by atoms with van der Waals surface area (Å²) in [4.78, 5) is 0. The molecule has 0 saturated carbocycles. The first-order valence-corrected chi connectivity index (χ1v) is 4.44. The Balaban J connectivity index is 2.97. The van der Waals surface area contributed by atoms with E-state index in [0.29, 0.717) is 0 Å². The van der Waals surface area contributed by atoms with Crippen LogP contribution in [0, 0.1) is 6.92 Å². The maximum Gasteiger partial charge on any atom is 0.0564 e. The van der Waals surface area contributed by atoms with Crippen LogP contribution in [-0.4, -0.2) is 15.8 Å². The van der Waals surface area contributed by atoms with Gasteiger partial charge in [-0.15, -0.1) is 0 Å². The Kier molecular flexibility index (Phi) is 2.88. The number of hydrogen-bond donors (Lipinski definition) is 1. The zero-order valence-corrected chi connectivity index (χ0v) is 8.70. The van der Waals surface area contributed by atoms with Crippen LogP contribution in [0.5, 0.6) is 0 Å². The molecule has 1 heterocycles. The minimum atomic E-state index is 0.111. The maximum atomic E-state index is 5.75. The van der Waals surface area contributed by atoms with Crippen molar-refractivity contribution < 1.29 is 0 Å². The summed E-state index contributed by atoms with van der Waals surface area (Å²) in [6, 6.07) is 0.111. The molecule has 3 heteroatoms. The monoisotopic (exact) mass is 179 g/mol. The van der Waals surface area contributed by atoms with E-state index < -0.39 is 0 Å². The van der Waals surface area contributed by atoms with Gasteiger partial charge >= 0.3 is 0 Å². The normalized spacial score (nSPS) is 14.7. The molecule has 0 aliphatic heterocycles. The molecule has 0 aliphatic rings. The van der Waals surface area contributed by atoms with Crippen molar-refractivity contribution in [2.75, 3.05) is 0 Å². The van der Waals surface area contributed by atoms with Gasteiger partial charge in [0.05, 0.1) is 6.20 Å². The summed E-state index contributed by atoms with van der Waals surface area (Å²) in [6.07, 6.45) is 3.95.